The first-order valence-electron chi connectivity index (χ1n) is 7.56. The van der Waals surface area contributed by atoms with Gasteiger partial charge in [-0.15, -0.1) is 0 Å². The Hall–Kier alpha value is -1.04. The summed E-state index contributed by atoms with van der Waals surface area (Å²) >= 11 is 0. The van der Waals surface area contributed by atoms with E-state index in [0.717, 1.165) is 0 Å². The average molecular weight is 337 g/mol. The van der Waals surface area contributed by atoms with Crippen LogP contribution in [0.1, 0.15) is 41.5 Å². The molecule has 0 bridgehead atoms. The molecule has 0 aromatic carbocycles. The highest BCUT2D eigenvalue weighted by Gasteiger charge is 2.39. The van der Waals surface area contributed by atoms with Crippen molar-refractivity contribution in [3.05, 3.63) is 11.2 Å². The van der Waals surface area contributed by atoms with Gasteiger partial charge in [-0.1, -0.05) is 0 Å². The van der Waals surface area contributed by atoms with E-state index in [1.165, 1.54) is 0 Å². The van der Waals surface area contributed by atoms with Gasteiger partial charge < -0.3 is 23.8 Å². The Morgan fingerprint density at radius 3 is 1.86 bits per heavy atom. The van der Waals surface area contributed by atoms with Crippen molar-refractivity contribution in [1.29, 1.82) is 0 Å². The molecule has 0 aliphatic heterocycles. The van der Waals surface area contributed by atoms with Gasteiger partial charge in [-0.2, -0.15) is 0 Å². The lowest BCUT2D eigenvalue weighted by Gasteiger charge is -2.29. The summed E-state index contributed by atoms with van der Waals surface area (Å²) in [5.41, 5.74) is -0.146. The molecule has 22 heavy (non-hydrogen) atoms. The van der Waals surface area contributed by atoms with Crippen molar-refractivity contribution in [2.24, 2.45) is 0 Å². The van der Waals surface area contributed by atoms with Crippen LogP contribution in [0, 0.1) is 0 Å². The maximum atomic E-state index is 13.0. The van der Waals surface area contributed by atoms with E-state index in [1.54, 1.807) is 32.6 Å². The summed E-state index contributed by atoms with van der Waals surface area (Å²) in [4.78, 5) is 13.6. The summed E-state index contributed by atoms with van der Waals surface area (Å²) in [5, 5.41) is 10.3. The van der Waals surface area contributed by atoms with Gasteiger partial charge in [0, 0.05) is 13.1 Å². The molecule has 130 valence electrons. The topological polar surface area (TPSA) is 85.3 Å². The third-order valence-corrected chi connectivity index (χ3v) is 4.88. The fourth-order valence-corrected chi connectivity index (χ4v) is 3.82. The Balaban J connectivity index is 5.99. The Labute approximate surface area is 132 Å². The van der Waals surface area contributed by atoms with Gasteiger partial charge in [-0.3, -0.25) is 4.57 Å². The second-order valence-electron chi connectivity index (χ2n) is 4.63. The van der Waals surface area contributed by atoms with Crippen LogP contribution in [0.5, 0.6) is 0 Å². The standard InChI is InChI=1S/C14H28NO6P/c1-7-15(8-2)13(12(16)14(17)21-11(5)6)22(18,19-9-3)20-10-4/h11,16H,7-10H2,1-6H3/b13-12+. The molecule has 0 spiro atoms. The van der Waals surface area contributed by atoms with Crippen LogP contribution in [-0.4, -0.2) is 48.4 Å². The number of aliphatic hydroxyl groups is 1. The number of aliphatic hydroxyl groups excluding tert-OH is 1. The molecule has 8 heteroatoms. The van der Waals surface area contributed by atoms with Crippen LogP contribution in [0.3, 0.4) is 0 Å². The second-order valence-corrected chi connectivity index (χ2v) is 6.57. The van der Waals surface area contributed by atoms with E-state index >= 15 is 0 Å². The van der Waals surface area contributed by atoms with Crippen LogP contribution in [0.2, 0.25) is 0 Å². The molecule has 0 aromatic rings. The first-order valence-corrected chi connectivity index (χ1v) is 9.10. The van der Waals surface area contributed by atoms with Crippen molar-refractivity contribution in [3.63, 3.8) is 0 Å². The number of esters is 1. The number of nitrogens with zero attached hydrogens (tertiary/aromatic N) is 1. The van der Waals surface area contributed by atoms with Crippen molar-refractivity contribution in [1.82, 2.24) is 4.90 Å². The molecular formula is C14H28NO6P. The summed E-state index contributed by atoms with van der Waals surface area (Å²) in [5.74, 6) is -1.68. The summed E-state index contributed by atoms with van der Waals surface area (Å²) in [6.45, 7) is 11.4. The zero-order valence-corrected chi connectivity index (χ0v) is 15.2. The molecule has 0 saturated carbocycles. The fourth-order valence-electron chi connectivity index (χ4n) is 1.84. The van der Waals surface area contributed by atoms with E-state index in [-0.39, 0.29) is 18.7 Å². The molecule has 0 amide bonds. The van der Waals surface area contributed by atoms with Crippen LogP contribution in [0.25, 0.3) is 0 Å². The zero-order chi connectivity index (χ0) is 17.3. The molecule has 0 aliphatic rings. The average Bonchev–Trinajstić information content (AvgIpc) is 2.43. The lowest BCUT2D eigenvalue weighted by Crippen LogP contribution is -2.28. The minimum absolute atomic E-state index is 0.120. The minimum Gasteiger partial charge on any atom is -0.500 e. The SMILES string of the molecule is CCOP(=O)(OCC)/C(=C(/O)C(=O)OC(C)C)N(CC)CC. The van der Waals surface area contributed by atoms with E-state index in [0.29, 0.717) is 13.1 Å². The smallest absolute Gasteiger partial charge is 0.381 e. The quantitative estimate of drug-likeness (QED) is 0.283. The van der Waals surface area contributed by atoms with Crippen molar-refractivity contribution in [2.75, 3.05) is 26.3 Å². The predicted octanol–water partition coefficient (Wildman–Crippen LogP) is 3.27. The van der Waals surface area contributed by atoms with Gasteiger partial charge in [-0.05, 0) is 41.5 Å². The Kier molecular flexibility index (Phi) is 9.41. The highest BCUT2D eigenvalue weighted by molar-refractivity contribution is 7.58. The lowest BCUT2D eigenvalue weighted by atomic mass is 10.4. The lowest BCUT2D eigenvalue weighted by molar-refractivity contribution is -0.145. The van der Waals surface area contributed by atoms with Crippen molar-refractivity contribution >= 4 is 13.6 Å². The Morgan fingerprint density at radius 1 is 1.09 bits per heavy atom. The van der Waals surface area contributed by atoms with E-state index in [4.69, 9.17) is 13.8 Å². The van der Waals surface area contributed by atoms with E-state index in [2.05, 4.69) is 0 Å². The number of hydrogen-bond acceptors (Lipinski definition) is 7. The molecule has 0 radical (unpaired) electrons. The normalized spacial score (nSPS) is 13.0. The van der Waals surface area contributed by atoms with Crippen molar-refractivity contribution < 1.29 is 28.3 Å². The summed E-state index contributed by atoms with van der Waals surface area (Å²) in [6.07, 6.45) is -0.411. The summed E-state index contributed by atoms with van der Waals surface area (Å²) in [6, 6.07) is 0. The number of ether oxygens (including phenoxy) is 1. The molecule has 0 atom stereocenters. The Bertz CT molecular complexity index is 421. The highest BCUT2D eigenvalue weighted by atomic mass is 31.2. The second kappa shape index (κ2) is 9.87. The van der Waals surface area contributed by atoms with Crippen LogP contribution in [0.15, 0.2) is 11.2 Å². The Morgan fingerprint density at radius 2 is 1.55 bits per heavy atom. The van der Waals surface area contributed by atoms with Crippen molar-refractivity contribution in [2.45, 2.75) is 47.6 Å². The number of rotatable bonds is 10. The van der Waals surface area contributed by atoms with Crippen LogP contribution in [-0.2, 0) is 23.1 Å². The van der Waals surface area contributed by atoms with E-state index in [9.17, 15) is 14.5 Å². The van der Waals surface area contributed by atoms with Gasteiger partial charge in [-0.25, -0.2) is 4.79 Å². The molecule has 0 aromatic heterocycles. The number of carbonyl (C=O) groups is 1. The van der Waals surface area contributed by atoms with Gasteiger partial charge in [0.25, 0.3) is 0 Å². The van der Waals surface area contributed by atoms with Crippen molar-refractivity contribution in [3.8, 4) is 0 Å². The first-order chi connectivity index (χ1) is 10.3. The van der Waals surface area contributed by atoms with Crippen LogP contribution < -0.4 is 0 Å². The van der Waals surface area contributed by atoms with E-state index < -0.39 is 25.4 Å². The van der Waals surface area contributed by atoms with Crippen LogP contribution >= 0.6 is 7.60 Å². The molecule has 0 rings (SSSR count). The van der Waals surface area contributed by atoms with Gasteiger partial charge in [0.05, 0.1) is 19.3 Å². The first kappa shape index (κ1) is 21.0. The summed E-state index contributed by atoms with van der Waals surface area (Å²) < 4.78 is 28.5. The van der Waals surface area contributed by atoms with E-state index in [1.807, 2.05) is 13.8 Å². The predicted molar refractivity (Wildman–Crippen MR) is 84.7 cm³/mol. The van der Waals surface area contributed by atoms with Gasteiger partial charge in [0.2, 0.25) is 5.76 Å². The van der Waals surface area contributed by atoms with Crippen LogP contribution in [0.4, 0.5) is 0 Å². The maximum absolute atomic E-state index is 13.0. The monoisotopic (exact) mass is 337 g/mol. The number of carbonyl (C=O) groups excluding carboxylic acids is 1. The molecule has 0 unspecified atom stereocenters. The molecule has 1 N–H and O–H groups in total. The molecule has 0 heterocycles. The summed E-state index contributed by atoms with van der Waals surface area (Å²) in [7, 11) is -3.82. The zero-order valence-electron chi connectivity index (χ0n) is 14.3. The molecular weight excluding hydrogens is 309 g/mol. The number of hydrogen-bond donors (Lipinski definition) is 1. The third kappa shape index (κ3) is 5.63. The largest absolute Gasteiger partial charge is 0.500 e. The van der Waals surface area contributed by atoms with Gasteiger partial charge in [0.1, 0.15) is 0 Å². The molecule has 0 fully saturated rings. The maximum Gasteiger partial charge on any atom is 0.381 e. The van der Waals surface area contributed by atoms with Gasteiger partial charge >= 0.3 is 13.6 Å². The highest BCUT2D eigenvalue weighted by Crippen LogP contribution is 2.58. The fraction of sp³-hybridized carbons (Fsp3) is 0.786. The minimum atomic E-state index is -3.82. The van der Waals surface area contributed by atoms with Gasteiger partial charge in [0.15, 0.2) is 5.44 Å². The molecule has 7 nitrogen and oxygen atoms in total. The molecule has 0 aliphatic carbocycles. The molecule has 0 saturated heterocycles. The third-order valence-electron chi connectivity index (χ3n) is 2.67.